The number of carbonyl (C=O) groups is 1. The van der Waals surface area contributed by atoms with Gasteiger partial charge in [0, 0.05) is 38.7 Å². The summed E-state index contributed by atoms with van der Waals surface area (Å²) in [6.07, 6.45) is 7.54. The molecule has 1 aliphatic heterocycles. The predicted octanol–water partition coefficient (Wildman–Crippen LogP) is 4.06. The lowest BCUT2D eigenvalue weighted by Gasteiger charge is -2.30. The molecule has 1 fully saturated rings. The Morgan fingerprint density at radius 3 is 2.81 bits per heavy atom. The summed E-state index contributed by atoms with van der Waals surface area (Å²) in [7, 11) is 0. The van der Waals surface area contributed by atoms with Crippen LogP contribution in [0.15, 0.2) is 18.3 Å². The second-order valence-electron chi connectivity index (χ2n) is 8.13. The molecule has 2 aromatic rings. The maximum atomic E-state index is 12.5. The summed E-state index contributed by atoms with van der Waals surface area (Å²) in [5.74, 6) is 2.78. The third kappa shape index (κ3) is 4.63. The van der Waals surface area contributed by atoms with Crippen LogP contribution in [0.2, 0.25) is 0 Å². The van der Waals surface area contributed by atoms with Gasteiger partial charge in [-0.05, 0) is 49.7 Å². The van der Waals surface area contributed by atoms with Crippen LogP contribution in [0.5, 0.6) is 0 Å². The molecule has 2 aromatic heterocycles. The van der Waals surface area contributed by atoms with Crippen molar-refractivity contribution in [3.63, 3.8) is 0 Å². The molecule has 0 aliphatic carbocycles. The molecule has 5 heteroatoms. The Kier molecular flexibility index (Phi) is 6.28. The number of nitrogens with zero attached hydrogens (tertiary/aromatic N) is 4. The van der Waals surface area contributed by atoms with Gasteiger partial charge in [-0.3, -0.25) is 4.79 Å². The van der Waals surface area contributed by atoms with Gasteiger partial charge in [0.1, 0.15) is 11.3 Å². The van der Waals surface area contributed by atoms with E-state index in [0.29, 0.717) is 18.2 Å². The smallest absolute Gasteiger partial charge is 0.222 e. The normalized spacial score (nSPS) is 15.9. The summed E-state index contributed by atoms with van der Waals surface area (Å²) in [5, 5.41) is 0. The third-order valence-electron chi connectivity index (χ3n) is 5.44. The highest BCUT2D eigenvalue weighted by Gasteiger charge is 2.20. The second-order valence-corrected chi connectivity index (χ2v) is 8.13. The Hall–Kier alpha value is -1.91. The zero-order valence-electron chi connectivity index (χ0n) is 16.4. The highest BCUT2D eigenvalue weighted by atomic mass is 16.2. The molecule has 0 bridgehead atoms. The Morgan fingerprint density at radius 2 is 2.08 bits per heavy atom. The van der Waals surface area contributed by atoms with Gasteiger partial charge >= 0.3 is 0 Å². The quantitative estimate of drug-likeness (QED) is 0.752. The van der Waals surface area contributed by atoms with E-state index in [2.05, 4.69) is 30.3 Å². The summed E-state index contributed by atoms with van der Waals surface area (Å²) < 4.78 is 2.25. The first kappa shape index (κ1) is 18.9. The van der Waals surface area contributed by atoms with E-state index in [0.717, 1.165) is 74.6 Å². The van der Waals surface area contributed by atoms with Gasteiger partial charge in [0.05, 0.1) is 0 Å². The van der Waals surface area contributed by atoms with Crippen molar-refractivity contribution in [3.8, 4) is 0 Å². The summed E-state index contributed by atoms with van der Waals surface area (Å²) in [5.41, 5.74) is 1.93. The maximum Gasteiger partial charge on any atom is 0.222 e. The summed E-state index contributed by atoms with van der Waals surface area (Å²) in [6.45, 7) is 9.55. The summed E-state index contributed by atoms with van der Waals surface area (Å²) >= 11 is 0. The molecule has 0 unspecified atom stereocenters. The van der Waals surface area contributed by atoms with Gasteiger partial charge in [-0.15, -0.1) is 0 Å². The number of amides is 1. The highest BCUT2D eigenvalue weighted by Crippen LogP contribution is 2.19. The fraction of sp³-hybridized carbons (Fsp3) is 0.667. The first-order valence-electron chi connectivity index (χ1n) is 10.1. The van der Waals surface area contributed by atoms with Crippen LogP contribution in [0, 0.1) is 11.8 Å². The topological polar surface area (TPSA) is 51.0 Å². The van der Waals surface area contributed by atoms with Crippen LogP contribution in [0.1, 0.15) is 58.7 Å². The van der Waals surface area contributed by atoms with E-state index in [1.165, 1.54) is 0 Å². The first-order chi connectivity index (χ1) is 12.5. The molecule has 3 heterocycles. The largest absolute Gasteiger partial charge is 0.343 e. The minimum atomic E-state index is 0.305. The van der Waals surface area contributed by atoms with Crippen molar-refractivity contribution in [2.45, 2.75) is 65.8 Å². The molecule has 0 radical (unpaired) electrons. The van der Waals surface area contributed by atoms with E-state index in [1.807, 2.05) is 23.2 Å². The van der Waals surface area contributed by atoms with Crippen molar-refractivity contribution in [2.75, 3.05) is 13.1 Å². The number of hydrogen-bond donors (Lipinski definition) is 0. The Bertz CT molecular complexity index is 729. The molecule has 1 aliphatic rings. The number of rotatable bonds is 7. The SMILES string of the molecule is CC(C)CCn1c(CCCC(=O)N2CCC(C)CC2)nc2cccnc21. The molecule has 0 N–H and O–H groups in total. The van der Waals surface area contributed by atoms with E-state index in [4.69, 9.17) is 4.98 Å². The predicted molar refractivity (Wildman–Crippen MR) is 105 cm³/mol. The second kappa shape index (κ2) is 8.65. The zero-order chi connectivity index (χ0) is 18.5. The number of carbonyl (C=O) groups excluding carboxylic acids is 1. The molecule has 0 spiro atoms. The van der Waals surface area contributed by atoms with E-state index in [9.17, 15) is 4.79 Å². The summed E-state index contributed by atoms with van der Waals surface area (Å²) in [6, 6.07) is 3.96. The lowest BCUT2D eigenvalue weighted by atomic mass is 9.99. The molecular weight excluding hydrogens is 324 g/mol. The molecule has 1 amide bonds. The van der Waals surface area contributed by atoms with Crippen LogP contribution in [-0.4, -0.2) is 38.4 Å². The molecule has 26 heavy (non-hydrogen) atoms. The standard InChI is InChI=1S/C21H32N4O/c1-16(2)9-15-25-19(23-18-6-5-12-22-21(18)25)7-4-8-20(26)24-13-10-17(3)11-14-24/h5-6,12,16-17H,4,7-11,13-15H2,1-3H3. The Balaban J connectivity index is 1.61. The molecule has 3 rings (SSSR count). The molecule has 142 valence electrons. The van der Waals surface area contributed by atoms with Gasteiger partial charge in [0.25, 0.3) is 0 Å². The van der Waals surface area contributed by atoms with Gasteiger partial charge in [-0.1, -0.05) is 20.8 Å². The number of imidazole rings is 1. The monoisotopic (exact) mass is 356 g/mol. The lowest BCUT2D eigenvalue weighted by molar-refractivity contribution is -0.132. The van der Waals surface area contributed by atoms with E-state index in [-0.39, 0.29) is 0 Å². The van der Waals surface area contributed by atoms with Gasteiger partial charge in [-0.25, -0.2) is 9.97 Å². The van der Waals surface area contributed by atoms with E-state index >= 15 is 0 Å². The van der Waals surface area contributed by atoms with Crippen LogP contribution in [0.3, 0.4) is 0 Å². The van der Waals surface area contributed by atoms with E-state index < -0.39 is 0 Å². The van der Waals surface area contributed by atoms with Crippen LogP contribution in [-0.2, 0) is 17.8 Å². The minimum absolute atomic E-state index is 0.305. The van der Waals surface area contributed by atoms with Crippen LogP contribution >= 0.6 is 0 Å². The number of pyridine rings is 1. The fourth-order valence-electron chi connectivity index (χ4n) is 3.63. The average molecular weight is 357 g/mol. The van der Waals surface area contributed by atoms with Crippen LogP contribution < -0.4 is 0 Å². The van der Waals surface area contributed by atoms with Crippen LogP contribution in [0.25, 0.3) is 11.2 Å². The summed E-state index contributed by atoms with van der Waals surface area (Å²) in [4.78, 5) is 23.8. The molecule has 0 saturated carbocycles. The van der Waals surface area contributed by atoms with Crippen LogP contribution in [0.4, 0.5) is 0 Å². The van der Waals surface area contributed by atoms with Gasteiger partial charge in [0.2, 0.25) is 5.91 Å². The minimum Gasteiger partial charge on any atom is -0.343 e. The zero-order valence-corrected chi connectivity index (χ0v) is 16.4. The number of aromatic nitrogens is 3. The number of aryl methyl sites for hydroxylation is 2. The number of piperidine rings is 1. The number of fused-ring (bicyclic) bond motifs is 1. The molecule has 5 nitrogen and oxygen atoms in total. The fourth-order valence-corrected chi connectivity index (χ4v) is 3.63. The number of likely N-dealkylation sites (tertiary alicyclic amines) is 1. The van der Waals surface area contributed by atoms with Crippen molar-refractivity contribution in [1.29, 1.82) is 0 Å². The van der Waals surface area contributed by atoms with Crippen molar-refractivity contribution in [3.05, 3.63) is 24.2 Å². The Labute approximate surface area is 156 Å². The molecule has 0 atom stereocenters. The van der Waals surface area contributed by atoms with Crippen molar-refractivity contribution < 1.29 is 4.79 Å². The average Bonchev–Trinajstić information content (AvgIpc) is 2.98. The van der Waals surface area contributed by atoms with E-state index in [1.54, 1.807) is 0 Å². The Morgan fingerprint density at radius 1 is 1.31 bits per heavy atom. The molecule has 1 saturated heterocycles. The number of hydrogen-bond acceptors (Lipinski definition) is 3. The van der Waals surface area contributed by atoms with Gasteiger partial charge in [-0.2, -0.15) is 0 Å². The van der Waals surface area contributed by atoms with Gasteiger partial charge in [0.15, 0.2) is 5.65 Å². The molecule has 0 aromatic carbocycles. The lowest BCUT2D eigenvalue weighted by Crippen LogP contribution is -2.37. The maximum absolute atomic E-state index is 12.5. The van der Waals surface area contributed by atoms with Crippen molar-refractivity contribution in [1.82, 2.24) is 19.4 Å². The third-order valence-corrected chi connectivity index (χ3v) is 5.44. The van der Waals surface area contributed by atoms with Crippen molar-refractivity contribution >= 4 is 17.1 Å². The first-order valence-corrected chi connectivity index (χ1v) is 10.1. The molecular formula is C21H32N4O. The van der Waals surface area contributed by atoms with Gasteiger partial charge < -0.3 is 9.47 Å². The highest BCUT2D eigenvalue weighted by molar-refractivity contribution is 5.76. The van der Waals surface area contributed by atoms with Crippen molar-refractivity contribution in [2.24, 2.45) is 11.8 Å².